The third kappa shape index (κ3) is 5.65. The van der Waals surface area contributed by atoms with Crippen LogP contribution in [0.5, 0.6) is 0 Å². The van der Waals surface area contributed by atoms with Crippen molar-refractivity contribution in [1.82, 2.24) is 5.01 Å². The van der Waals surface area contributed by atoms with Gasteiger partial charge in [0.2, 0.25) is 0 Å². The van der Waals surface area contributed by atoms with Crippen molar-refractivity contribution in [1.29, 1.82) is 0 Å². The average Bonchev–Trinajstić information content (AvgIpc) is 2.02. The number of hydrogen-bond donors (Lipinski definition) is 1. The Bertz CT molecular complexity index is 258. The number of hydrogen-bond acceptors (Lipinski definition) is 5. The number of carbonyl (C=O) groups is 1. The number of hydrazine groups is 1. The lowest BCUT2D eigenvalue weighted by molar-refractivity contribution is -0.117. The van der Waals surface area contributed by atoms with E-state index in [1.165, 1.54) is 6.92 Å². The van der Waals surface area contributed by atoms with E-state index in [0.29, 0.717) is 0 Å². The molecule has 0 aromatic rings. The van der Waals surface area contributed by atoms with Gasteiger partial charge in [-0.05, 0) is 19.1 Å². The van der Waals surface area contributed by atoms with E-state index in [2.05, 4.69) is 0 Å². The number of thiocarbonyl (C=S) groups is 1. The predicted octanol–water partition coefficient (Wildman–Crippen LogP) is 1.05. The second-order valence-electron chi connectivity index (χ2n) is 3.17. The zero-order chi connectivity index (χ0) is 11.3. The topological polar surface area (TPSA) is 55.6 Å². The first kappa shape index (κ1) is 14.0. The van der Waals surface area contributed by atoms with Crippen LogP contribution in [-0.4, -0.2) is 28.2 Å². The van der Waals surface area contributed by atoms with Crippen molar-refractivity contribution in [3.63, 3.8) is 0 Å². The quantitative estimate of drug-likeness (QED) is 0.350. The summed E-state index contributed by atoms with van der Waals surface area (Å²) in [6.45, 7) is 4.05. The summed E-state index contributed by atoms with van der Waals surface area (Å²) in [4.78, 5) is 10.7. The molecule has 0 aliphatic carbocycles. The Balaban J connectivity index is 4.08. The van der Waals surface area contributed by atoms with Crippen molar-refractivity contribution in [2.24, 2.45) is 5.84 Å². The highest BCUT2D eigenvalue weighted by atomic mass is 32.4. The summed E-state index contributed by atoms with van der Waals surface area (Å²) in [7, 11) is 0. The maximum Gasteiger partial charge on any atom is 0.277 e. The maximum atomic E-state index is 10.7. The second kappa shape index (κ2) is 6.45. The van der Waals surface area contributed by atoms with Crippen LogP contribution < -0.4 is 5.84 Å². The van der Waals surface area contributed by atoms with Crippen molar-refractivity contribution in [2.45, 2.75) is 26.4 Å². The van der Waals surface area contributed by atoms with Crippen molar-refractivity contribution in [3.8, 4) is 0 Å². The number of nitrogens with zero attached hydrogens (tertiary/aromatic N) is 1. The van der Waals surface area contributed by atoms with Gasteiger partial charge in [-0.15, -0.1) is 0 Å². The van der Waals surface area contributed by atoms with Gasteiger partial charge in [0.25, 0.3) is 5.17 Å². The Labute approximate surface area is 95.3 Å². The van der Waals surface area contributed by atoms with E-state index in [-0.39, 0.29) is 23.2 Å². The second-order valence-corrected chi connectivity index (χ2v) is 6.72. The van der Waals surface area contributed by atoms with Crippen molar-refractivity contribution >= 4 is 41.9 Å². The molecule has 0 aromatic heterocycles. The molecular weight excluding hydrogens is 239 g/mol. The van der Waals surface area contributed by atoms with Gasteiger partial charge in [0.15, 0.2) is 5.78 Å². The highest BCUT2D eigenvalue weighted by Gasteiger charge is 2.11. The summed E-state index contributed by atoms with van der Waals surface area (Å²) in [5.41, 5.74) is 0.277. The van der Waals surface area contributed by atoms with E-state index in [0.717, 1.165) is 5.01 Å². The van der Waals surface area contributed by atoms with Crippen LogP contribution in [0.2, 0.25) is 0 Å². The maximum absolute atomic E-state index is 10.7. The SMILES string of the molecule is CC(=O)CN(N)C(=S)O[PH](=S)C(C)C. The van der Waals surface area contributed by atoms with Gasteiger partial charge in [-0.3, -0.25) is 9.80 Å². The van der Waals surface area contributed by atoms with Gasteiger partial charge in [-0.1, -0.05) is 25.7 Å². The Morgan fingerprint density at radius 3 is 2.50 bits per heavy atom. The molecule has 0 spiro atoms. The number of rotatable bonds is 4. The molecule has 0 fully saturated rings. The normalized spacial score (nSPS) is 12.4. The fourth-order valence-corrected chi connectivity index (χ4v) is 1.82. The molecule has 7 heteroatoms. The molecule has 14 heavy (non-hydrogen) atoms. The van der Waals surface area contributed by atoms with E-state index in [1.54, 1.807) is 0 Å². The zero-order valence-corrected chi connectivity index (χ0v) is 11.1. The van der Waals surface area contributed by atoms with Crippen LogP contribution in [0.4, 0.5) is 0 Å². The Morgan fingerprint density at radius 1 is 1.64 bits per heavy atom. The lowest BCUT2D eigenvalue weighted by atomic mass is 10.4. The molecule has 2 N–H and O–H groups in total. The van der Waals surface area contributed by atoms with Crippen LogP contribution in [0.3, 0.4) is 0 Å². The van der Waals surface area contributed by atoms with Gasteiger partial charge in [-0.2, -0.15) is 0 Å². The Hall–Kier alpha value is -0.0300. The first-order chi connectivity index (χ1) is 6.34. The molecule has 0 radical (unpaired) electrons. The first-order valence-electron chi connectivity index (χ1n) is 4.12. The first-order valence-corrected chi connectivity index (χ1v) is 7.14. The lowest BCUT2D eigenvalue weighted by Crippen LogP contribution is -2.40. The number of nitrogens with two attached hydrogens (primary N) is 1. The summed E-state index contributed by atoms with van der Waals surface area (Å²) in [5.74, 6) is 5.41. The molecule has 0 saturated carbocycles. The predicted molar refractivity (Wildman–Crippen MR) is 66.1 cm³/mol. The smallest absolute Gasteiger partial charge is 0.277 e. The molecule has 0 amide bonds. The minimum absolute atomic E-state index is 0.0570. The van der Waals surface area contributed by atoms with Crippen molar-refractivity contribution in [3.05, 3.63) is 0 Å². The van der Waals surface area contributed by atoms with E-state index in [1.807, 2.05) is 13.8 Å². The minimum atomic E-state index is -1.38. The van der Waals surface area contributed by atoms with Crippen LogP contribution >= 0.6 is 19.1 Å². The minimum Gasteiger partial charge on any atom is -0.444 e. The van der Waals surface area contributed by atoms with E-state index in [4.69, 9.17) is 34.4 Å². The number of ketones is 1. The van der Waals surface area contributed by atoms with E-state index < -0.39 is 6.92 Å². The highest BCUT2D eigenvalue weighted by Crippen LogP contribution is 2.29. The lowest BCUT2D eigenvalue weighted by Gasteiger charge is -2.19. The number of Topliss-reactive ketones (excluding diaryl/α,β-unsaturated/α-hetero) is 1. The summed E-state index contributed by atoms with van der Waals surface area (Å²) in [6, 6.07) is 0. The summed E-state index contributed by atoms with van der Waals surface area (Å²) in [5, 5.41) is 1.22. The van der Waals surface area contributed by atoms with Gasteiger partial charge >= 0.3 is 0 Å². The van der Waals surface area contributed by atoms with Gasteiger partial charge in [0.1, 0.15) is 6.92 Å². The summed E-state index contributed by atoms with van der Waals surface area (Å²) >= 11 is 9.97. The Kier molecular flexibility index (Phi) is 6.44. The van der Waals surface area contributed by atoms with Crippen LogP contribution in [0.1, 0.15) is 20.8 Å². The molecule has 1 unspecified atom stereocenters. The molecule has 0 rings (SSSR count). The van der Waals surface area contributed by atoms with E-state index >= 15 is 0 Å². The zero-order valence-electron chi connectivity index (χ0n) is 8.44. The van der Waals surface area contributed by atoms with Gasteiger partial charge < -0.3 is 4.52 Å². The Morgan fingerprint density at radius 2 is 2.14 bits per heavy atom. The molecule has 82 valence electrons. The average molecular weight is 254 g/mol. The van der Waals surface area contributed by atoms with Gasteiger partial charge in [-0.25, -0.2) is 5.84 Å². The molecule has 0 aromatic carbocycles. The molecule has 0 aliphatic heterocycles. The monoisotopic (exact) mass is 254 g/mol. The molecule has 1 atom stereocenters. The fraction of sp³-hybridized carbons (Fsp3) is 0.714. The largest absolute Gasteiger partial charge is 0.444 e. The van der Waals surface area contributed by atoms with Crippen LogP contribution in [0.25, 0.3) is 0 Å². The molecular formula is C7H15N2O2PS2. The molecule has 0 heterocycles. The fourth-order valence-electron chi connectivity index (χ4n) is 0.567. The highest BCUT2D eigenvalue weighted by molar-refractivity contribution is 8.03. The summed E-state index contributed by atoms with van der Waals surface area (Å²) < 4.78 is 5.27. The standard InChI is InChI=1S/C7H15N2O2PS2/c1-5(2)12(14)11-7(13)9(8)4-6(3)10/h5,12H,4,8H2,1-3H3. The molecule has 0 aliphatic rings. The molecule has 4 nitrogen and oxygen atoms in total. The molecule has 0 saturated heterocycles. The van der Waals surface area contributed by atoms with E-state index in [9.17, 15) is 4.79 Å². The third-order valence-electron chi connectivity index (χ3n) is 1.29. The van der Waals surface area contributed by atoms with Crippen LogP contribution in [-0.2, 0) is 21.1 Å². The number of carbonyl (C=O) groups excluding carboxylic acids is 1. The van der Waals surface area contributed by atoms with Gasteiger partial charge in [0.05, 0.1) is 6.54 Å². The van der Waals surface area contributed by atoms with Crippen LogP contribution in [0, 0.1) is 0 Å². The third-order valence-corrected chi connectivity index (χ3v) is 4.75. The summed E-state index contributed by atoms with van der Waals surface area (Å²) in [6.07, 6.45) is 0. The van der Waals surface area contributed by atoms with Gasteiger partial charge in [0, 0.05) is 5.66 Å². The van der Waals surface area contributed by atoms with Crippen molar-refractivity contribution in [2.75, 3.05) is 6.54 Å². The van der Waals surface area contributed by atoms with Crippen LogP contribution in [0.15, 0.2) is 0 Å². The molecule has 0 bridgehead atoms. The van der Waals surface area contributed by atoms with Crippen molar-refractivity contribution < 1.29 is 9.32 Å².